The quantitative estimate of drug-likeness (QED) is 0.463. The highest BCUT2D eigenvalue weighted by atomic mass is 32.1. The molecule has 0 amide bonds. The average molecular weight is 400 g/mol. The van der Waals surface area contributed by atoms with Crippen molar-refractivity contribution in [1.29, 1.82) is 0 Å². The number of thiocarbonyl (C=S) groups is 1. The Labute approximate surface area is 166 Å². The van der Waals surface area contributed by atoms with E-state index in [0.29, 0.717) is 17.6 Å². The lowest BCUT2D eigenvalue weighted by Gasteiger charge is -2.16. The van der Waals surface area contributed by atoms with Crippen molar-refractivity contribution in [3.8, 4) is 5.69 Å². The topological polar surface area (TPSA) is 71.0 Å². The number of nitrogens with zero attached hydrogens (tertiary/aromatic N) is 2. The van der Waals surface area contributed by atoms with Gasteiger partial charge in [-0.25, -0.2) is 9.55 Å². The van der Waals surface area contributed by atoms with Crippen LogP contribution in [0.5, 0.6) is 0 Å². The highest BCUT2D eigenvalue weighted by Crippen LogP contribution is 2.34. The van der Waals surface area contributed by atoms with Crippen LogP contribution >= 0.6 is 23.6 Å². The normalized spacial score (nSPS) is 13.2. The van der Waals surface area contributed by atoms with E-state index in [-0.39, 0.29) is 5.56 Å². The molecule has 6 nitrogen and oxygen atoms in total. The van der Waals surface area contributed by atoms with Gasteiger partial charge in [0.2, 0.25) is 5.95 Å². The Bertz CT molecular complexity index is 1040. The van der Waals surface area contributed by atoms with Gasteiger partial charge in [-0.15, -0.1) is 11.3 Å². The zero-order valence-corrected chi connectivity index (χ0v) is 16.7. The van der Waals surface area contributed by atoms with Crippen molar-refractivity contribution in [2.45, 2.75) is 32.6 Å². The molecule has 0 aliphatic heterocycles. The minimum absolute atomic E-state index is 0.0377. The van der Waals surface area contributed by atoms with Crippen LogP contribution in [0.2, 0.25) is 0 Å². The Morgan fingerprint density at radius 1 is 1.26 bits per heavy atom. The number of benzene rings is 1. The monoisotopic (exact) mass is 399 g/mol. The summed E-state index contributed by atoms with van der Waals surface area (Å²) in [5.41, 5.74) is 7.85. The molecule has 0 atom stereocenters. The number of hydrazine groups is 1. The zero-order chi connectivity index (χ0) is 18.8. The van der Waals surface area contributed by atoms with Crippen molar-refractivity contribution in [1.82, 2.24) is 20.3 Å². The summed E-state index contributed by atoms with van der Waals surface area (Å²) < 4.78 is 1.62. The van der Waals surface area contributed by atoms with Gasteiger partial charge in [-0.1, -0.05) is 18.2 Å². The van der Waals surface area contributed by atoms with Gasteiger partial charge in [0.1, 0.15) is 4.83 Å². The van der Waals surface area contributed by atoms with Crippen LogP contribution in [0.3, 0.4) is 0 Å². The van der Waals surface area contributed by atoms with Crippen molar-refractivity contribution in [2.24, 2.45) is 0 Å². The predicted molar refractivity (Wildman–Crippen MR) is 115 cm³/mol. The van der Waals surface area contributed by atoms with E-state index in [1.807, 2.05) is 37.3 Å². The molecule has 0 saturated carbocycles. The molecule has 0 unspecified atom stereocenters. The fraction of sp³-hybridized carbons (Fsp3) is 0.316. The lowest BCUT2D eigenvalue weighted by Crippen LogP contribution is -2.40. The van der Waals surface area contributed by atoms with E-state index in [9.17, 15) is 4.79 Å². The average Bonchev–Trinajstić information content (AvgIpc) is 3.06. The first-order valence-corrected chi connectivity index (χ1v) is 10.3. The molecule has 1 aliphatic rings. The number of aryl methyl sites for hydroxylation is 2. The SMILES string of the molecule is CCNC(=S)NNc1nc2sc3c(c2c(=O)n1-c1ccccc1)CCCC3. The molecular formula is C19H21N5OS2. The molecule has 140 valence electrons. The molecule has 2 heterocycles. The molecule has 3 aromatic rings. The number of fused-ring (bicyclic) bond motifs is 3. The largest absolute Gasteiger partial charge is 0.362 e. The van der Waals surface area contributed by atoms with Gasteiger partial charge in [-0.05, 0) is 62.5 Å². The van der Waals surface area contributed by atoms with Crippen LogP contribution in [-0.2, 0) is 12.8 Å². The van der Waals surface area contributed by atoms with E-state index in [2.05, 4.69) is 16.2 Å². The number of anilines is 1. The third-order valence-electron chi connectivity index (χ3n) is 4.63. The molecule has 4 rings (SSSR count). The van der Waals surface area contributed by atoms with Crippen molar-refractivity contribution in [3.05, 3.63) is 51.1 Å². The molecule has 1 aliphatic carbocycles. The second kappa shape index (κ2) is 7.66. The van der Waals surface area contributed by atoms with Gasteiger partial charge in [-0.3, -0.25) is 15.6 Å². The van der Waals surface area contributed by atoms with Gasteiger partial charge in [0, 0.05) is 11.4 Å². The second-order valence-corrected chi connectivity index (χ2v) is 7.90. The summed E-state index contributed by atoms with van der Waals surface area (Å²) in [7, 11) is 0. The Kier molecular flexibility index (Phi) is 5.09. The van der Waals surface area contributed by atoms with Crippen molar-refractivity contribution < 1.29 is 0 Å². The van der Waals surface area contributed by atoms with Crippen molar-refractivity contribution in [3.63, 3.8) is 0 Å². The second-order valence-electron chi connectivity index (χ2n) is 6.41. The molecular weight excluding hydrogens is 378 g/mol. The van der Waals surface area contributed by atoms with Crippen molar-refractivity contribution in [2.75, 3.05) is 12.0 Å². The summed E-state index contributed by atoms with van der Waals surface area (Å²) >= 11 is 6.85. The van der Waals surface area contributed by atoms with E-state index < -0.39 is 0 Å². The van der Waals surface area contributed by atoms with E-state index in [1.165, 1.54) is 16.9 Å². The molecule has 0 bridgehead atoms. The number of para-hydroxylation sites is 1. The summed E-state index contributed by atoms with van der Waals surface area (Å²) in [5.74, 6) is 0.428. The number of hydrogen-bond donors (Lipinski definition) is 3. The highest BCUT2D eigenvalue weighted by Gasteiger charge is 2.22. The maximum atomic E-state index is 13.5. The van der Waals surface area contributed by atoms with Crippen LogP contribution in [0.4, 0.5) is 5.95 Å². The standard InChI is InChI=1S/C19H21N5OS2/c1-2-20-19(26)23-22-18-21-16-15(13-10-6-7-11-14(13)27-16)17(25)24(18)12-8-4-3-5-9-12/h3-5,8-9H,2,6-7,10-11H2,1H3,(H,21,22)(H2,20,23,26). The number of hydrogen-bond acceptors (Lipinski definition) is 5. The minimum atomic E-state index is -0.0377. The van der Waals surface area contributed by atoms with Crippen LogP contribution in [0.1, 0.15) is 30.2 Å². The number of thiophene rings is 1. The van der Waals surface area contributed by atoms with E-state index in [1.54, 1.807) is 15.9 Å². The summed E-state index contributed by atoms with van der Waals surface area (Å²) in [6, 6.07) is 9.56. The van der Waals surface area contributed by atoms with E-state index in [4.69, 9.17) is 17.2 Å². The first-order valence-electron chi connectivity index (χ1n) is 9.11. The Morgan fingerprint density at radius 2 is 2.04 bits per heavy atom. The van der Waals surface area contributed by atoms with Crippen LogP contribution in [-0.4, -0.2) is 21.2 Å². The summed E-state index contributed by atoms with van der Waals surface area (Å²) in [4.78, 5) is 20.3. The number of aromatic nitrogens is 2. The molecule has 8 heteroatoms. The van der Waals surface area contributed by atoms with Crippen LogP contribution in [0.15, 0.2) is 35.1 Å². The number of rotatable bonds is 4. The van der Waals surface area contributed by atoms with Gasteiger partial charge < -0.3 is 5.32 Å². The molecule has 3 N–H and O–H groups in total. The smallest absolute Gasteiger partial charge is 0.268 e. The van der Waals surface area contributed by atoms with Gasteiger partial charge in [0.05, 0.1) is 11.1 Å². The lowest BCUT2D eigenvalue weighted by molar-refractivity contribution is 0.699. The first-order chi connectivity index (χ1) is 13.2. The highest BCUT2D eigenvalue weighted by molar-refractivity contribution is 7.80. The molecule has 27 heavy (non-hydrogen) atoms. The maximum Gasteiger partial charge on any atom is 0.268 e. The molecule has 0 saturated heterocycles. The summed E-state index contributed by atoms with van der Waals surface area (Å²) in [6.07, 6.45) is 4.29. The molecule has 0 spiro atoms. The predicted octanol–water partition coefficient (Wildman–Crippen LogP) is 3.14. The molecule has 2 aromatic heterocycles. The Balaban J connectivity index is 1.87. The van der Waals surface area contributed by atoms with Gasteiger partial charge in [0.15, 0.2) is 5.11 Å². The lowest BCUT2D eigenvalue weighted by atomic mass is 9.97. The first kappa shape index (κ1) is 17.9. The minimum Gasteiger partial charge on any atom is -0.362 e. The fourth-order valence-corrected chi connectivity index (χ4v) is 4.87. The van der Waals surface area contributed by atoms with E-state index in [0.717, 1.165) is 35.2 Å². The van der Waals surface area contributed by atoms with Crippen LogP contribution in [0, 0.1) is 0 Å². The van der Waals surface area contributed by atoms with Crippen LogP contribution in [0.25, 0.3) is 15.9 Å². The van der Waals surface area contributed by atoms with Gasteiger partial charge in [0.25, 0.3) is 5.56 Å². The van der Waals surface area contributed by atoms with Gasteiger partial charge in [-0.2, -0.15) is 0 Å². The molecule has 0 radical (unpaired) electrons. The van der Waals surface area contributed by atoms with Crippen LogP contribution < -0.4 is 21.7 Å². The molecule has 1 aromatic carbocycles. The van der Waals surface area contributed by atoms with E-state index >= 15 is 0 Å². The Hall–Kier alpha value is -2.45. The number of nitrogens with one attached hydrogen (secondary N) is 3. The maximum absolute atomic E-state index is 13.5. The molecule has 0 fully saturated rings. The third kappa shape index (κ3) is 3.42. The Morgan fingerprint density at radius 3 is 2.81 bits per heavy atom. The third-order valence-corrected chi connectivity index (χ3v) is 6.06. The summed E-state index contributed by atoms with van der Waals surface area (Å²) in [6.45, 7) is 2.68. The van der Waals surface area contributed by atoms with Crippen molar-refractivity contribution >= 4 is 44.8 Å². The van der Waals surface area contributed by atoms with Gasteiger partial charge >= 0.3 is 0 Å². The fourth-order valence-electron chi connectivity index (χ4n) is 3.42. The summed E-state index contributed by atoms with van der Waals surface area (Å²) in [5, 5.41) is 4.23. The zero-order valence-electron chi connectivity index (χ0n) is 15.0.